The first-order chi connectivity index (χ1) is 10.8. The maximum Gasteiger partial charge on any atom is 0.0193 e. The Kier molecular flexibility index (Phi) is 5.72. The molecule has 1 nitrogen and oxygen atoms in total. The highest BCUT2D eigenvalue weighted by Gasteiger charge is 2.15. The summed E-state index contributed by atoms with van der Waals surface area (Å²) >= 11 is 0. The number of likely N-dealkylation sites (tertiary alicyclic amines) is 1. The van der Waals surface area contributed by atoms with Crippen molar-refractivity contribution in [2.24, 2.45) is 0 Å². The van der Waals surface area contributed by atoms with Gasteiger partial charge in [-0.1, -0.05) is 61.6 Å². The monoisotopic (exact) mass is 297 g/mol. The second kappa shape index (κ2) is 7.97. The molecule has 1 aromatic carbocycles. The van der Waals surface area contributed by atoms with Gasteiger partial charge in [-0.15, -0.1) is 0 Å². The van der Waals surface area contributed by atoms with Crippen LogP contribution in [-0.2, 0) is 0 Å². The smallest absolute Gasteiger partial charge is 0.0193 e. The molecule has 2 fully saturated rings. The minimum atomic E-state index is 0.821. The second-order valence-electron chi connectivity index (χ2n) is 7.33. The third-order valence-electron chi connectivity index (χ3n) is 5.35. The van der Waals surface area contributed by atoms with Gasteiger partial charge in [-0.25, -0.2) is 0 Å². The van der Waals surface area contributed by atoms with Crippen molar-refractivity contribution < 1.29 is 0 Å². The van der Waals surface area contributed by atoms with Gasteiger partial charge < -0.3 is 0 Å². The molecule has 0 unspecified atom stereocenters. The molecular weight excluding hydrogens is 266 g/mol. The van der Waals surface area contributed by atoms with Crippen LogP contribution < -0.4 is 0 Å². The molecule has 0 atom stereocenters. The van der Waals surface area contributed by atoms with E-state index in [-0.39, 0.29) is 0 Å². The van der Waals surface area contributed by atoms with E-state index in [1.54, 1.807) is 5.56 Å². The van der Waals surface area contributed by atoms with Crippen LogP contribution in [0.1, 0.15) is 75.3 Å². The minimum Gasteiger partial charge on any atom is -0.299 e. The Bertz CT molecular complexity index is 473. The van der Waals surface area contributed by atoms with Crippen LogP contribution in [0.2, 0.25) is 0 Å². The Morgan fingerprint density at radius 1 is 0.955 bits per heavy atom. The van der Waals surface area contributed by atoms with E-state index in [0.717, 1.165) is 12.5 Å². The summed E-state index contributed by atoms with van der Waals surface area (Å²) < 4.78 is 0. The van der Waals surface area contributed by atoms with Crippen LogP contribution in [0.25, 0.3) is 6.08 Å². The summed E-state index contributed by atoms with van der Waals surface area (Å²) in [5.74, 6) is 0.821. The predicted molar refractivity (Wildman–Crippen MR) is 96.2 cm³/mol. The van der Waals surface area contributed by atoms with Gasteiger partial charge in [-0.3, -0.25) is 4.90 Å². The van der Waals surface area contributed by atoms with Gasteiger partial charge in [0.15, 0.2) is 0 Å². The molecule has 2 aliphatic rings. The van der Waals surface area contributed by atoms with Crippen LogP contribution in [0.3, 0.4) is 0 Å². The highest BCUT2D eigenvalue weighted by atomic mass is 15.1. The molecule has 0 radical (unpaired) electrons. The van der Waals surface area contributed by atoms with E-state index in [9.17, 15) is 0 Å². The van der Waals surface area contributed by atoms with E-state index in [4.69, 9.17) is 0 Å². The Labute approximate surface area is 136 Å². The Balaban J connectivity index is 1.58. The van der Waals surface area contributed by atoms with E-state index >= 15 is 0 Å². The van der Waals surface area contributed by atoms with Crippen LogP contribution in [0.4, 0.5) is 0 Å². The summed E-state index contributed by atoms with van der Waals surface area (Å²) in [6.45, 7) is 5.99. The largest absolute Gasteiger partial charge is 0.299 e. The van der Waals surface area contributed by atoms with Crippen molar-refractivity contribution in [3.05, 3.63) is 41.0 Å². The molecule has 1 aliphatic carbocycles. The lowest BCUT2D eigenvalue weighted by molar-refractivity contribution is 0.247. The first-order valence-electron chi connectivity index (χ1n) is 9.31. The van der Waals surface area contributed by atoms with Crippen LogP contribution >= 0.6 is 0 Å². The lowest BCUT2D eigenvalue weighted by atomic mass is 9.84. The number of benzene rings is 1. The van der Waals surface area contributed by atoms with Crippen molar-refractivity contribution in [1.82, 2.24) is 4.90 Å². The average Bonchev–Trinajstić information content (AvgIpc) is 2.57. The lowest BCUT2D eigenvalue weighted by Gasteiger charge is -2.26. The van der Waals surface area contributed by atoms with Gasteiger partial charge in [-0.2, -0.15) is 0 Å². The quantitative estimate of drug-likeness (QED) is 0.697. The first-order valence-corrected chi connectivity index (χ1v) is 9.31. The number of hydrogen-bond donors (Lipinski definition) is 0. The fraction of sp³-hybridized carbons (Fsp3) is 0.619. The maximum absolute atomic E-state index is 2.60. The van der Waals surface area contributed by atoms with Gasteiger partial charge in [0, 0.05) is 6.54 Å². The zero-order valence-corrected chi connectivity index (χ0v) is 14.2. The molecule has 1 saturated carbocycles. The third-order valence-corrected chi connectivity index (χ3v) is 5.35. The maximum atomic E-state index is 2.60. The summed E-state index contributed by atoms with van der Waals surface area (Å²) in [6.07, 6.45) is 13.6. The third kappa shape index (κ3) is 4.46. The molecule has 0 bridgehead atoms. The summed E-state index contributed by atoms with van der Waals surface area (Å²) in [5.41, 5.74) is 4.42. The molecule has 0 aromatic heterocycles. The molecule has 0 N–H and O–H groups in total. The number of hydrogen-bond acceptors (Lipinski definition) is 1. The standard InChI is InChI=1S/C21H31N/c1-18(17-22-14-6-3-7-15-22)16-19-10-12-21(13-11-19)20-8-4-2-5-9-20/h10-13,16,20H,2-9,14-15,17H2,1H3/b18-16+. The molecule has 0 amide bonds. The van der Waals surface area contributed by atoms with Crippen molar-refractivity contribution in [1.29, 1.82) is 0 Å². The van der Waals surface area contributed by atoms with Gasteiger partial charge in [0.2, 0.25) is 0 Å². The molecule has 1 aliphatic heterocycles. The number of rotatable bonds is 4. The molecule has 3 rings (SSSR count). The van der Waals surface area contributed by atoms with E-state index in [0.29, 0.717) is 0 Å². The summed E-state index contributed by atoms with van der Waals surface area (Å²) in [6, 6.07) is 9.39. The first kappa shape index (κ1) is 15.8. The Morgan fingerprint density at radius 3 is 2.27 bits per heavy atom. The molecule has 1 saturated heterocycles. The van der Waals surface area contributed by atoms with Crippen molar-refractivity contribution in [3.63, 3.8) is 0 Å². The van der Waals surface area contributed by atoms with Gasteiger partial charge in [0.1, 0.15) is 0 Å². The van der Waals surface area contributed by atoms with Crippen molar-refractivity contribution in [3.8, 4) is 0 Å². The van der Waals surface area contributed by atoms with E-state index in [1.807, 2.05) is 0 Å². The number of piperidine rings is 1. The van der Waals surface area contributed by atoms with Crippen LogP contribution in [0, 0.1) is 0 Å². The SMILES string of the molecule is C/C(=C\c1ccc(C2CCCCC2)cc1)CN1CCCCC1. The van der Waals surface area contributed by atoms with Crippen LogP contribution in [0.15, 0.2) is 29.8 Å². The molecular formula is C21H31N. The highest BCUT2D eigenvalue weighted by Crippen LogP contribution is 2.32. The van der Waals surface area contributed by atoms with Gasteiger partial charge in [-0.05, 0) is 62.7 Å². The van der Waals surface area contributed by atoms with Crippen molar-refractivity contribution in [2.75, 3.05) is 19.6 Å². The molecule has 1 aromatic rings. The van der Waals surface area contributed by atoms with E-state index in [2.05, 4.69) is 42.2 Å². The van der Waals surface area contributed by atoms with Crippen LogP contribution in [0.5, 0.6) is 0 Å². The van der Waals surface area contributed by atoms with E-state index in [1.165, 1.54) is 75.6 Å². The predicted octanol–water partition coefficient (Wildman–Crippen LogP) is 5.62. The molecule has 22 heavy (non-hydrogen) atoms. The Morgan fingerprint density at radius 2 is 1.59 bits per heavy atom. The van der Waals surface area contributed by atoms with Crippen molar-refractivity contribution >= 4 is 6.08 Å². The van der Waals surface area contributed by atoms with Gasteiger partial charge in [0.05, 0.1) is 0 Å². The summed E-state index contributed by atoms with van der Waals surface area (Å²) in [4.78, 5) is 2.60. The summed E-state index contributed by atoms with van der Waals surface area (Å²) in [7, 11) is 0. The van der Waals surface area contributed by atoms with E-state index < -0.39 is 0 Å². The zero-order valence-electron chi connectivity index (χ0n) is 14.2. The highest BCUT2D eigenvalue weighted by molar-refractivity contribution is 5.53. The molecule has 1 heteroatoms. The fourth-order valence-corrected chi connectivity index (χ4v) is 4.10. The normalized spacial score (nSPS) is 22.0. The molecule has 1 heterocycles. The lowest BCUT2D eigenvalue weighted by Crippen LogP contribution is -2.30. The average molecular weight is 297 g/mol. The van der Waals surface area contributed by atoms with Crippen molar-refractivity contribution in [2.45, 2.75) is 64.2 Å². The van der Waals surface area contributed by atoms with Crippen LogP contribution in [-0.4, -0.2) is 24.5 Å². The van der Waals surface area contributed by atoms with Gasteiger partial charge >= 0.3 is 0 Å². The van der Waals surface area contributed by atoms with Gasteiger partial charge in [0.25, 0.3) is 0 Å². The zero-order chi connectivity index (χ0) is 15.2. The second-order valence-corrected chi connectivity index (χ2v) is 7.33. The Hall–Kier alpha value is -1.08. The summed E-state index contributed by atoms with van der Waals surface area (Å²) in [5, 5.41) is 0. The topological polar surface area (TPSA) is 3.24 Å². The molecule has 120 valence electrons. The fourth-order valence-electron chi connectivity index (χ4n) is 4.10. The minimum absolute atomic E-state index is 0.821. The number of nitrogens with zero attached hydrogens (tertiary/aromatic N) is 1. The molecule has 0 spiro atoms.